The molecule has 0 unspecified atom stereocenters. The summed E-state index contributed by atoms with van der Waals surface area (Å²) in [5, 5.41) is 20.5. The Labute approximate surface area is 108 Å². The molecule has 0 aromatic heterocycles. The van der Waals surface area contributed by atoms with Crippen molar-refractivity contribution in [1.82, 2.24) is 5.32 Å². The number of nitrogens with one attached hydrogen (secondary N) is 1. The van der Waals surface area contributed by atoms with Gasteiger partial charge in [-0.15, -0.1) is 0 Å². The molecule has 0 aliphatic heterocycles. The van der Waals surface area contributed by atoms with Crippen LogP contribution in [0.3, 0.4) is 0 Å². The number of carbonyl (C=O) groups is 1. The van der Waals surface area contributed by atoms with Crippen LogP contribution in [0, 0.1) is 0 Å². The molecule has 0 heterocycles. The number of amides is 1. The summed E-state index contributed by atoms with van der Waals surface area (Å²) in [6, 6.07) is 5.24. The SMILES string of the molecule is CC(CO)(CO)NC(=O)c1cccc(OC(F)F)c1. The molecule has 0 aliphatic rings. The summed E-state index contributed by atoms with van der Waals surface area (Å²) < 4.78 is 28.3. The van der Waals surface area contributed by atoms with Gasteiger partial charge in [0.15, 0.2) is 0 Å². The number of halogens is 2. The third-order valence-electron chi connectivity index (χ3n) is 2.43. The zero-order valence-corrected chi connectivity index (χ0v) is 10.3. The Kier molecular flexibility index (Phi) is 5.20. The van der Waals surface area contributed by atoms with E-state index in [2.05, 4.69) is 10.1 Å². The number of aliphatic hydroxyl groups is 2. The molecule has 5 nitrogen and oxygen atoms in total. The second kappa shape index (κ2) is 6.44. The fraction of sp³-hybridized carbons (Fsp3) is 0.417. The molecule has 0 fully saturated rings. The summed E-state index contributed by atoms with van der Waals surface area (Å²) in [5.41, 5.74) is -1.09. The lowest BCUT2D eigenvalue weighted by atomic mass is 10.0. The van der Waals surface area contributed by atoms with E-state index in [-0.39, 0.29) is 11.3 Å². The smallest absolute Gasteiger partial charge is 0.387 e. The third-order valence-corrected chi connectivity index (χ3v) is 2.43. The van der Waals surface area contributed by atoms with Gasteiger partial charge in [0.2, 0.25) is 0 Å². The van der Waals surface area contributed by atoms with Crippen molar-refractivity contribution >= 4 is 5.91 Å². The standard InChI is InChI=1S/C12H15F2NO4/c1-12(6-16,7-17)15-10(18)8-3-2-4-9(5-8)19-11(13)14/h2-5,11,16-17H,6-7H2,1H3,(H,15,18). The Balaban J connectivity index is 2.82. The molecule has 3 N–H and O–H groups in total. The highest BCUT2D eigenvalue weighted by atomic mass is 19.3. The first-order chi connectivity index (χ1) is 8.90. The van der Waals surface area contributed by atoms with Crippen LogP contribution in [-0.2, 0) is 0 Å². The van der Waals surface area contributed by atoms with Gasteiger partial charge in [-0.1, -0.05) is 6.07 Å². The quantitative estimate of drug-likeness (QED) is 0.716. The largest absolute Gasteiger partial charge is 0.435 e. The van der Waals surface area contributed by atoms with Gasteiger partial charge in [0.1, 0.15) is 5.75 Å². The number of alkyl halides is 2. The van der Waals surface area contributed by atoms with Crippen LogP contribution in [0.4, 0.5) is 8.78 Å². The van der Waals surface area contributed by atoms with Gasteiger partial charge in [-0.05, 0) is 25.1 Å². The average Bonchev–Trinajstić information content (AvgIpc) is 2.38. The summed E-state index contributed by atoms with van der Waals surface area (Å²) in [4.78, 5) is 11.8. The van der Waals surface area contributed by atoms with Crippen LogP contribution in [0.2, 0.25) is 0 Å². The zero-order valence-electron chi connectivity index (χ0n) is 10.3. The molecule has 0 saturated heterocycles. The Morgan fingerprint density at radius 3 is 2.58 bits per heavy atom. The highest BCUT2D eigenvalue weighted by Crippen LogP contribution is 2.16. The first kappa shape index (κ1) is 15.3. The van der Waals surface area contributed by atoms with Crippen molar-refractivity contribution in [3.8, 4) is 5.75 Å². The van der Waals surface area contributed by atoms with Crippen LogP contribution < -0.4 is 10.1 Å². The van der Waals surface area contributed by atoms with E-state index >= 15 is 0 Å². The van der Waals surface area contributed by atoms with E-state index in [0.717, 1.165) is 6.07 Å². The molecule has 0 bridgehead atoms. The molecule has 0 saturated carbocycles. The van der Waals surface area contributed by atoms with E-state index in [4.69, 9.17) is 10.2 Å². The van der Waals surface area contributed by atoms with Crippen LogP contribution in [-0.4, -0.2) is 41.5 Å². The highest BCUT2D eigenvalue weighted by Gasteiger charge is 2.25. The summed E-state index contributed by atoms with van der Waals surface area (Å²) >= 11 is 0. The molecule has 0 radical (unpaired) electrons. The molecule has 19 heavy (non-hydrogen) atoms. The van der Waals surface area contributed by atoms with Crippen molar-refractivity contribution in [2.75, 3.05) is 13.2 Å². The lowest BCUT2D eigenvalue weighted by molar-refractivity contribution is -0.0498. The minimum atomic E-state index is -2.97. The van der Waals surface area contributed by atoms with E-state index < -0.39 is 31.3 Å². The van der Waals surface area contributed by atoms with E-state index in [9.17, 15) is 13.6 Å². The van der Waals surface area contributed by atoms with Crippen LogP contribution >= 0.6 is 0 Å². The monoisotopic (exact) mass is 275 g/mol. The minimum absolute atomic E-state index is 0.0891. The number of hydrogen-bond donors (Lipinski definition) is 3. The zero-order chi connectivity index (χ0) is 14.5. The van der Waals surface area contributed by atoms with Gasteiger partial charge in [-0.2, -0.15) is 8.78 Å². The Bertz CT molecular complexity index is 435. The van der Waals surface area contributed by atoms with E-state index in [1.54, 1.807) is 0 Å². The van der Waals surface area contributed by atoms with Gasteiger partial charge in [-0.3, -0.25) is 4.79 Å². The van der Waals surface area contributed by atoms with E-state index in [1.165, 1.54) is 25.1 Å². The highest BCUT2D eigenvalue weighted by molar-refractivity contribution is 5.95. The number of ether oxygens (including phenoxy) is 1. The number of rotatable bonds is 6. The van der Waals surface area contributed by atoms with Crippen molar-refractivity contribution in [2.24, 2.45) is 0 Å². The Morgan fingerprint density at radius 2 is 2.05 bits per heavy atom. The second-order valence-corrected chi connectivity index (χ2v) is 4.24. The van der Waals surface area contributed by atoms with Crippen molar-refractivity contribution in [2.45, 2.75) is 19.1 Å². The van der Waals surface area contributed by atoms with Crippen molar-refractivity contribution in [1.29, 1.82) is 0 Å². The normalized spacial score (nSPS) is 11.5. The number of carbonyl (C=O) groups excluding carboxylic acids is 1. The maximum Gasteiger partial charge on any atom is 0.387 e. The molecular weight excluding hydrogens is 260 g/mol. The summed E-state index contributed by atoms with van der Waals surface area (Å²) in [5.74, 6) is -0.748. The van der Waals surface area contributed by atoms with E-state index in [1.807, 2.05) is 0 Å². The molecular formula is C12H15F2NO4. The predicted octanol–water partition coefficient (Wildman–Crippen LogP) is 0.761. The van der Waals surface area contributed by atoms with Crippen molar-refractivity contribution in [3.05, 3.63) is 29.8 Å². The second-order valence-electron chi connectivity index (χ2n) is 4.24. The Morgan fingerprint density at radius 1 is 1.42 bits per heavy atom. The molecule has 0 aliphatic carbocycles. The van der Waals surface area contributed by atoms with Crippen LogP contribution in [0.25, 0.3) is 0 Å². The van der Waals surface area contributed by atoms with Gasteiger partial charge in [0.25, 0.3) is 5.91 Å². The number of benzene rings is 1. The van der Waals surface area contributed by atoms with Gasteiger partial charge in [-0.25, -0.2) is 0 Å². The molecule has 7 heteroatoms. The summed E-state index contributed by atoms with van der Waals surface area (Å²) in [7, 11) is 0. The van der Waals surface area contributed by atoms with Gasteiger partial charge in [0.05, 0.1) is 18.8 Å². The third kappa shape index (κ3) is 4.46. The topological polar surface area (TPSA) is 78.8 Å². The fourth-order valence-corrected chi connectivity index (χ4v) is 1.29. The van der Waals surface area contributed by atoms with Crippen molar-refractivity contribution in [3.63, 3.8) is 0 Å². The average molecular weight is 275 g/mol. The molecule has 1 aromatic carbocycles. The molecule has 0 spiro atoms. The number of hydrogen-bond acceptors (Lipinski definition) is 4. The lowest BCUT2D eigenvalue weighted by Crippen LogP contribution is -2.51. The van der Waals surface area contributed by atoms with Gasteiger partial charge in [0, 0.05) is 5.56 Å². The first-order valence-electron chi connectivity index (χ1n) is 5.49. The van der Waals surface area contributed by atoms with Crippen LogP contribution in [0.15, 0.2) is 24.3 Å². The number of aliphatic hydroxyl groups excluding tert-OH is 2. The first-order valence-corrected chi connectivity index (χ1v) is 5.49. The molecule has 1 amide bonds. The van der Waals surface area contributed by atoms with Crippen molar-refractivity contribution < 1.29 is 28.5 Å². The molecule has 106 valence electrons. The minimum Gasteiger partial charge on any atom is -0.435 e. The maximum absolute atomic E-state index is 12.0. The summed E-state index contributed by atoms with van der Waals surface area (Å²) in [6.07, 6.45) is 0. The molecule has 1 aromatic rings. The van der Waals surface area contributed by atoms with Gasteiger partial charge >= 0.3 is 6.61 Å². The fourth-order valence-electron chi connectivity index (χ4n) is 1.29. The predicted molar refractivity (Wildman–Crippen MR) is 63.1 cm³/mol. The summed E-state index contributed by atoms with van der Waals surface area (Å²) in [6.45, 7) is -2.44. The van der Waals surface area contributed by atoms with Gasteiger partial charge < -0.3 is 20.3 Å². The lowest BCUT2D eigenvalue weighted by Gasteiger charge is -2.26. The van der Waals surface area contributed by atoms with Crippen LogP contribution in [0.5, 0.6) is 5.75 Å². The maximum atomic E-state index is 12.0. The Hall–Kier alpha value is -1.73. The van der Waals surface area contributed by atoms with E-state index in [0.29, 0.717) is 0 Å². The molecule has 1 rings (SSSR count). The molecule has 0 atom stereocenters. The van der Waals surface area contributed by atoms with Crippen LogP contribution in [0.1, 0.15) is 17.3 Å².